The molecule has 0 saturated heterocycles. The van der Waals surface area contributed by atoms with Crippen molar-refractivity contribution in [2.75, 3.05) is 17.6 Å². The van der Waals surface area contributed by atoms with E-state index in [4.69, 9.17) is 5.73 Å². The Kier molecular flexibility index (Phi) is 3.54. The van der Waals surface area contributed by atoms with Crippen molar-refractivity contribution >= 4 is 11.8 Å². The Hall–Kier alpha value is -1.39. The van der Waals surface area contributed by atoms with Crippen LogP contribution in [0.25, 0.3) is 0 Å². The lowest BCUT2D eigenvalue weighted by Crippen LogP contribution is -2.10. The van der Waals surface area contributed by atoms with Gasteiger partial charge >= 0.3 is 0 Å². The number of nitrogens with one attached hydrogen (secondary N) is 1. The summed E-state index contributed by atoms with van der Waals surface area (Å²) in [5.41, 5.74) is 5.39. The van der Waals surface area contributed by atoms with Crippen molar-refractivity contribution in [2.45, 2.75) is 32.1 Å². The molecule has 1 aliphatic carbocycles. The van der Waals surface area contributed by atoms with Crippen LogP contribution in [0.4, 0.5) is 16.2 Å². The first-order valence-corrected chi connectivity index (χ1v) is 5.77. The summed E-state index contributed by atoms with van der Waals surface area (Å²) in [5.74, 6) is 0.658. The number of aromatic nitrogens is 2. The Balaban J connectivity index is 1.82. The number of rotatable bonds is 4. The van der Waals surface area contributed by atoms with E-state index in [-0.39, 0.29) is 11.8 Å². The molecule has 0 radical (unpaired) electrons. The van der Waals surface area contributed by atoms with Gasteiger partial charge in [0.05, 0.1) is 6.20 Å². The first-order valence-electron chi connectivity index (χ1n) is 5.77. The summed E-state index contributed by atoms with van der Waals surface area (Å²) >= 11 is 0. The monoisotopic (exact) mass is 224 g/mol. The predicted molar refractivity (Wildman–Crippen MR) is 61.5 cm³/mol. The highest BCUT2D eigenvalue weighted by Crippen LogP contribution is 2.27. The van der Waals surface area contributed by atoms with Crippen LogP contribution in [0.15, 0.2) is 6.20 Å². The zero-order valence-corrected chi connectivity index (χ0v) is 9.25. The van der Waals surface area contributed by atoms with E-state index in [1.807, 2.05) is 0 Å². The van der Waals surface area contributed by atoms with E-state index in [9.17, 15) is 4.39 Å². The van der Waals surface area contributed by atoms with Crippen LogP contribution in [0.2, 0.25) is 0 Å². The number of halogens is 1. The molecule has 4 nitrogen and oxygen atoms in total. The number of anilines is 2. The van der Waals surface area contributed by atoms with Crippen molar-refractivity contribution in [3.63, 3.8) is 0 Å². The average molecular weight is 224 g/mol. The molecular weight excluding hydrogens is 207 g/mol. The van der Waals surface area contributed by atoms with Gasteiger partial charge in [-0.1, -0.05) is 25.7 Å². The lowest BCUT2D eigenvalue weighted by molar-refractivity contribution is 0.517. The highest BCUT2D eigenvalue weighted by Gasteiger charge is 2.14. The van der Waals surface area contributed by atoms with Crippen molar-refractivity contribution in [3.8, 4) is 0 Å². The lowest BCUT2D eigenvalue weighted by Gasteiger charge is -2.10. The molecule has 16 heavy (non-hydrogen) atoms. The van der Waals surface area contributed by atoms with Crippen LogP contribution in [0.5, 0.6) is 0 Å². The van der Waals surface area contributed by atoms with Crippen LogP contribution in [-0.4, -0.2) is 16.5 Å². The van der Waals surface area contributed by atoms with Gasteiger partial charge in [0.1, 0.15) is 0 Å². The normalized spacial score (nSPS) is 16.6. The first-order chi connectivity index (χ1) is 7.75. The van der Waals surface area contributed by atoms with Gasteiger partial charge in [-0.15, -0.1) is 0 Å². The SMILES string of the molecule is Nc1ncc(F)c(NCCC2CCCC2)n1. The molecule has 3 N–H and O–H groups in total. The minimum Gasteiger partial charge on any atom is -0.368 e. The van der Waals surface area contributed by atoms with Gasteiger partial charge in [0.25, 0.3) is 0 Å². The Morgan fingerprint density at radius 2 is 2.19 bits per heavy atom. The maximum Gasteiger partial charge on any atom is 0.222 e. The second-order valence-corrected chi connectivity index (χ2v) is 4.29. The average Bonchev–Trinajstić information content (AvgIpc) is 2.76. The second-order valence-electron chi connectivity index (χ2n) is 4.29. The van der Waals surface area contributed by atoms with Crippen LogP contribution >= 0.6 is 0 Å². The minimum absolute atomic E-state index is 0.102. The largest absolute Gasteiger partial charge is 0.368 e. The third-order valence-electron chi connectivity index (χ3n) is 3.08. The Labute approximate surface area is 94.5 Å². The molecule has 1 saturated carbocycles. The van der Waals surface area contributed by atoms with E-state index in [2.05, 4.69) is 15.3 Å². The number of hydrogen-bond acceptors (Lipinski definition) is 4. The maximum absolute atomic E-state index is 13.2. The van der Waals surface area contributed by atoms with Gasteiger partial charge in [-0.25, -0.2) is 9.37 Å². The molecule has 0 atom stereocenters. The van der Waals surface area contributed by atoms with Crippen molar-refractivity contribution in [1.82, 2.24) is 9.97 Å². The van der Waals surface area contributed by atoms with Crippen LogP contribution < -0.4 is 11.1 Å². The molecule has 1 heterocycles. The summed E-state index contributed by atoms with van der Waals surface area (Å²) in [6.07, 6.45) is 7.44. The molecule has 1 aliphatic rings. The number of nitrogens with zero attached hydrogens (tertiary/aromatic N) is 2. The van der Waals surface area contributed by atoms with Gasteiger partial charge in [0, 0.05) is 6.54 Å². The van der Waals surface area contributed by atoms with Crippen molar-refractivity contribution in [1.29, 1.82) is 0 Å². The predicted octanol–water partition coefficient (Wildman–Crippen LogP) is 2.19. The summed E-state index contributed by atoms with van der Waals surface area (Å²) in [6.45, 7) is 0.748. The molecule has 0 amide bonds. The molecule has 88 valence electrons. The molecule has 0 aromatic carbocycles. The van der Waals surface area contributed by atoms with Crippen LogP contribution in [-0.2, 0) is 0 Å². The van der Waals surface area contributed by atoms with Gasteiger partial charge < -0.3 is 11.1 Å². The summed E-state index contributed by atoms with van der Waals surface area (Å²) in [5, 5.41) is 2.97. The fourth-order valence-corrected chi connectivity index (χ4v) is 2.20. The van der Waals surface area contributed by atoms with Crippen molar-refractivity contribution in [2.24, 2.45) is 5.92 Å². The molecule has 5 heteroatoms. The van der Waals surface area contributed by atoms with Crippen LogP contribution in [0.1, 0.15) is 32.1 Å². The van der Waals surface area contributed by atoms with Crippen molar-refractivity contribution < 1.29 is 4.39 Å². The third kappa shape index (κ3) is 2.81. The van der Waals surface area contributed by atoms with Gasteiger partial charge in [0.15, 0.2) is 11.6 Å². The van der Waals surface area contributed by atoms with E-state index in [1.54, 1.807) is 0 Å². The van der Waals surface area contributed by atoms with Gasteiger partial charge in [0.2, 0.25) is 5.95 Å². The second kappa shape index (κ2) is 5.09. The molecule has 1 aromatic heterocycles. The molecule has 0 bridgehead atoms. The Morgan fingerprint density at radius 1 is 1.44 bits per heavy atom. The van der Waals surface area contributed by atoms with E-state index in [1.165, 1.54) is 25.7 Å². The highest BCUT2D eigenvalue weighted by atomic mass is 19.1. The molecule has 0 unspecified atom stereocenters. The third-order valence-corrected chi connectivity index (χ3v) is 3.08. The zero-order chi connectivity index (χ0) is 11.4. The molecule has 2 rings (SSSR count). The summed E-state index contributed by atoms with van der Waals surface area (Å²) in [7, 11) is 0. The van der Waals surface area contributed by atoms with E-state index in [0.29, 0.717) is 0 Å². The molecular formula is C11H17FN4. The summed E-state index contributed by atoms with van der Waals surface area (Å²) in [6, 6.07) is 0. The molecule has 1 aromatic rings. The van der Waals surface area contributed by atoms with Crippen LogP contribution in [0.3, 0.4) is 0 Å². The van der Waals surface area contributed by atoms with E-state index < -0.39 is 5.82 Å². The molecule has 0 aliphatic heterocycles. The number of hydrogen-bond donors (Lipinski definition) is 2. The summed E-state index contributed by atoms with van der Waals surface area (Å²) < 4.78 is 13.2. The zero-order valence-electron chi connectivity index (χ0n) is 9.25. The van der Waals surface area contributed by atoms with Gasteiger partial charge in [-0.05, 0) is 12.3 Å². The quantitative estimate of drug-likeness (QED) is 0.822. The Morgan fingerprint density at radius 3 is 2.94 bits per heavy atom. The minimum atomic E-state index is -0.444. The van der Waals surface area contributed by atoms with E-state index >= 15 is 0 Å². The topological polar surface area (TPSA) is 63.8 Å². The smallest absolute Gasteiger partial charge is 0.222 e. The van der Waals surface area contributed by atoms with Gasteiger partial charge in [-0.2, -0.15) is 4.98 Å². The molecule has 1 fully saturated rings. The van der Waals surface area contributed by atoms with E-state index in [0.717, 1.165) is 25.1 Å². The number of nitrogen functional groups attached to an aromatic ring is 1. The Bertz CT molecular complexity index is 350. The van der Waals surface area contributed by atoms with Gasteiger partial charge in [-0.3, -0.25) is 0 Å². The summed E-state index contributed by atoms with van der Waals surface area (Å²) in [4.78, 5) is 7.39. The fraction of sp³-hybridized carbons (Fsp3) is 0.636. The molecule has 0 spiro atoms. The maximum atomic E-state index is 13.2. The van der Waals surface area contributed by atoms with Crippen LogP contribution in [0, 0.1) is 11.7 Å². The highest BCUT2D eigenvalue weighted by molar-refractivity contribution is 5.38. The number of nitrogens with two attached hydrogens (primary N) is 1. The fourth-order valence-electron chi connectivity index (χ4n) is 2.20. The first kappa shape index (κ1) is 11.1. The standard InChI is InChI=1S/C11H17FN4/c12-9-7-15-11(13)16-10(9)14-6-5-8-3-1-2-4-8/h7-8H,1-6H2,(H3,13,14,15,16). The lowest BCUT2D eigenvalue weighted by atomic mass is 10.0. The van der Waals surface area contributed by atoms with Crippen molar-refractivity contribution in [3.05, 3.63) is 12.0 Å².